The molecule has 4 aromatic carbocycles. The van der Waals surface area contributed by atoms with Crippen molar-refractivity contribution in [2.24, 2.45) is 0 Å². The van der Waals surface area contributed by atoms with Gasteiger partial charge in [0.05, 0.1) is 7.11 Å². The number of fused-ring (bicyclic) bond motifs is 3. The topological polar surface area (TPSA) is 18.5 Å². The Hall–Kier alpha value is -3.35. The van der Waals surface area contributed by atoms with Crippen LogP contribution in [0.5, 0.6) is 11.5 Å². The van der Waals surface area contributed by atoms with Crippen LogP contribution < -0.4 is 14.8 Å². The number of methoxy groups -OCH3 is 1. The summed E-state index contributed by atoms with van der Waals surface area (Å²) >= 11 is 0. The van der Waals surface area contributed by atoms with Crippen molar-refractivity contribution in [3.05, 3.63) is 113 Å². The van der Waals surface area contributed by atoms with Crippen LogP contribution in [0.25, 0.3) is 11.1 Å². The zero-order valence-corrected chi connectivity index (χ0v) is 24.4. The molecule has 0 saturated heterocycles. The Labute approximate surface area is 229 Å². The lowest BCUT2D eigenvalue weighted by atomic mass is 9.79. The number of ether oxygens (including phenoxy) is 2. The number of hydrogen-bond donors (Lipinski definition) is 0. The fraction of sp³-hybridized carbons (Fsp3) is 0.286. The van der Waals surface area contributed by atoms with E-state index < -0.39 is 0 Å². The standard InChI is InChI=1S/C35H37O2P/c1-34(2,3)24-20-23(22-37-26-18-16-25(36-7)17-19-26)32(31(21-24)35(4,5)6)38-33-29-14-10-8-12-27(29)28-13-9-11-15-30(28)33/h8-21H,22H2,1-7H3. The third kappa shape index (κ3) is 5.16. The van der Waals surface area contributed by atoms with Gasteiger partial charge in [-0.25, -0.2) is 0 Å². The SMILES string of the molecule is COc1ccc(OCc2cc(C(C)(C)C)cc(C(C)(C)C)c2P=C2c3ccccc3-c3ccccc32)cc1. The van der Waals surface area contributed by atoms with Crippen LogP contribution in [-0.4, -0.2) is 12.4 Å². The van der Waals surface area contributed by atoms with E-state index >= 15 is 0 Å². The molecule has 0 spiro atoms. The predicted octanol–water partition coefficient (Wildman–Crippen LogP) is 8.69. The number of benzene rings is 4. The van der Waals surface area contributed by atoms with Crippen LogP contribution in [0.1, 0.15) is 69.4 Å². The van der Waals surface area contributed by atoms with Crippen LogP contribution in [0.15, 0.2) is 84.9 Å². The Bertz CT molecular complexity index is 1450. The van der Waals surface area contributed by atoms with Crippen molar-refractivity contribution in [1.29, 1.82) is 0 Å². The Morgan fingerprint density at radius 1 is 0.632 bits per heavy atom. The first-order valence-electron chi connectivity index (χ1n) is 13.3. The molecule has 1 aliphatic rings. The zero-order chi connectivity index (χ0) is 27.1. The monoisotopic (exact) mass is 520 g/mol. The molecule has 3 heteroatoms. The molecule has 0 unspecified atom stereocenters. The van der Waals surface area contributed by atoms with Crippen molar-refractivity contribution in [2.45, 2.75) is 59.0 Å². The van der Waals surface area contributed by atoms with Gasteiger partial charge in [-0.15, -0.1) is 0 Å². The minimum Gasteiger partial charge on any atom is -0.497 e. The molecular formula is C35H37O2P. The maximum Gasteiger partial charge on any atom is 0.120 e. The van der Waals surface area contributed by atoms with Gasteiger partial charge in [0, 0.05) is 16.2 Å². The van der Waals surface area contributed by atoms with Crippen LogP contribution in [0.4, 0.5) is 0 Å². The fourth-order valence-electron chi connectivity index (χ4n) is 5.00. The van der Waals surface area contributed by atoms with Gasteiger partial charge in [-0.3, -0.25) is 0 Å². The third-order valence-corrected chi connectivity index (χ3v) is 8.65. The van der Waals surface area contributed by atoms with E-state index in [0.29, 0.717) is 6.61 Å². The summed E-state index contributed by atoms with van der Waals surface area (Å²) < 4.78 is 11.7. The number of hydrogen-bond acceptors (Lipinski definition) is 2. The van der Waals surface area contributed by atoms with E-state index in [0.717, 1.165) is 11.5 Å². The molecule has 38 heavy (non-hydrogen) atoms. The first-order chi connectivity index (χ1) is 18.1. The summed E-state index contributed by atoms with van der Waals surface area (Å²) in [5, 5.41) is 2.72. The second-order valence-corrected chi connectivity index (χ2v) is 13.2. The van der Waals surface area contributed by atoms with Gasteiger partial charge in [0.2, 0.25) is 0 Å². The summed E-state index contributed by atoms with van der Waals surface area (Å²) in [5.74, 6) is 1.67. The normalized spacial score (nSPS) is 12.9. The van der Waals surface area contributed by atoms with Gasteiger partial charge in [0.1, 0.15) is 18.1 Å². The Balaban J connectivity index is 1.70. The molecule has 0 atom stereocenters. The highest BCUT2D eigenvalue weighted by atomic mass is 31.1. The lowest BCUT2D eigenvalue weighted by molar-refractivity contribution is 0.306. The van der Waals surface area contributed by atoms with Gasteiger partial charge in [-0.1, -0.05) is 110 Å². The summed E-state index contributed by atoms with van der Waals surface area (Å²) in [6, 6.07) is 30.3. The zero-order valence-electron chi connectivity index (χ0n) is 23.6. The van der Waals surface area contributed by atoms with E-state index in [1.54, 1.807) is 7.11 Å². The van der Waals surface area contributed by atoms with Crippen molar-refractivity contribution in [3.63, 3.8) is 0 Å². The van der Waals surface area contributed by atoms with Crippen molar-refractivity contribution in [3.8, 4) is 22.6 Å². The first-order valence-corrected chi connectivity index (χ1v) is 14.2. The Morgan fingerprint density at radius 2 is 1.16 bits per heavy atom. The molecule has 5 rings (SSSR count). The molecule has 0 saturated carbocycles. The molecule has 0 aromatic heterocycles. The lowest BCUT2D eigenvalue weighted by Crippen LogP contribution is -2.26. The molecule has 0 bridgehead atoms. The molecule has 2 nitrogen and oxygen atoms in total. The van der Waals surface area contributed by atoms with Gasteiger partial charge in [-0.05, 0) is 68.5 Å². The van der Waals surface area contributed by atoms with Crippen molar-refractivity contribution >= 4 is 18.8 Å². The molecule has 4 aromatic rings. The van der Waals surface area contributed by atoms with Crippen LogP contribution in [0, 0.1) is 0 Å². The van der Waals surface area contributed by atoms with Crippen molar-refractivity contribution in [1.82, 2.24) is 0 Å². The highest BCUT2D eigenvalue weighted by Crippen LogP contribution is 2.40. The van der Waals surface area contributed by atoms with Crippen molar-refractivity contribution in [2.75, 3.05) is 7.11 Å². The summed E-state index contributed by atoms with van der Waals surface area (Å²) in [4.78, 5) is 0. The van der Waals surface area contributed by atoms with E-state index in [4.69, 9.17) is 9.47 Å². The van der Waals surface area contributed by atoms with E-state index in [9.17, 15) is 0 Å². The van der Waals surface area contributed by atoms with Crippen LogP contribution in [0.2, 0.25) is 0 Å². The molecule has 0 radical (unpaired) electrons. The van der Waals surface area contributed by atoms with Gasteiger partial charge >= 0.3 is 0 Å². The summed E-state index contributed by atoms with van der Waals surface area (Å²) in [6.45, 7) is 14.4. The summed E-state index contributed by atoms with van der Waals surface area (Å²) in [5.41, 5.74) is 9.29. The highest BCUT2D eigenvalue weighted by Gasteiger charge is 2.28. The first kappa shape index (κ1) is 26.3. The number of rotatable bonds is 5. The Kier molecular flexibility index (Phi) is 6.97. The predicted molar refractivity (Wildman–Crippen MR) is 163 cm³/mol. The maximum absolute atomic E-state index is 6.40. The highest BCUT2D eigenvalue weighted by molar-refractivity contribution is 7.50. The Morgan fingerprint density at radius 3 is 1.66 bits per heavy atom. The average molecular weight is 521 g/mol. The summed E-state index contributed by atoms with van der Waals surface area (Å²) in [6.07, 6.45) is 0. The third-order valence-electron chi connectivity index (χ3n) is 7.19. The van der Waals surface area contributed by atoms with Crippen LogP contribution in [0.3, 0.4) is 0 Å². The molecule has 0 fully saturated rings. The second kappa shape index (κ2) is 10.1. The quantitative estimate of drug-likeness (QED) is 0.216. The fourth-order valence-corrected chi connectivity index (χ4v) is 6.65. The molecular weight excluding hydrogens is 483 g/mol. The molecule has 194 valence electrons. The van der Waals surface area contributed by atoms with Gasteiger partial charge < -0.3 is 9.47 Å². The minimum atomic E-state index is -0.0172. The minimum absolute atomic E-state index is 0.0172. The molecule has 0 N–H and O–H groups in total. The second-order valence-electron chi connectivity index (χ2n) is 12.0. The maximum atomic E-state index is 6.40. The summed E-state index contributed by atoms with van der Waals surface area (Å²) in [7, 11) is 2.89. The smallest absolute Gasteiger partial charge is 0.120 e. The van der Waals surface area contributed by atoms with Gasteiger partial charge in [0.25, 0.3) is 0 Å². The molecule has 0 amide bonds. The lowest BCUT2D eigenvalue weighted by Gasteiger charge is -2.29. The van der Waals surface area contributed by atoms with E-state index in [2.05, 4.69) is 102 Å². The van der Waals surface area contributed by atoms with E-state index in [1.807, 2.05) is 24.3 Å². The average Bonchev–Trinajstić information content (AvgIpc) is 3.20. The molecule has 0 aliphatic heterocycles. The van der Waals surface area contributed by atoms with Crippen molar-refractivity contribution < 1.29 is 9.47 Å². The van der Waals surface area contributed by atoms with Gasteiger partial charge in [0.15, 0.2) is 0 Å². The van der Waals surface area contributed by atoms with Crippen LogP contribution in [-0.2, 0) is 17.4 Å². The van der Waals surface area contributed by atoms with Gasteiger partial charge in [-0.2, -0.15) is 0 Å². The largest absolute Gasteiger partial charge is 0.497 e. The molecule has 1 aliphatic carbocycles. The van der Waals surface area contributed by atoms with E-state index in [1.165, 1.54) is 57.7 Å². The van der Waals surface area contributed by atoms with E-state index in [-0.39, 0.29) is 10.8 Å². The van der Waals surface area contributed by atoms with Crippen LogP contribution >= 0.6 is 8.20 Å². The molecule has 0 heterocycles.